The number of nitro benzene ring substituents is 1. The van der Waals surface area contributed by atoms with Crippen molar-refractivity contribution in [3.05, 3.63) is 38.9 Å². The highest BCUT2D eigenvalue weighted by molar-refractivity contribution is 6.31. The molecule has 0 fully saturated rings. The van der Waals surface area contributed by atoms with Gasteiger partial charge in [0.25, 0.3) is 5.69 Å². The Balaban J connectivity index is 2.98. The van der Waals surface area contributed by atoms with Crippen molar-refractivity contribution in [3.63, 3.8) is 0 Å². The summed E-state index contributed by atoms with van der Waals surface area (Å²) < 4.78 is 0. The Hall–Kier alpha value is -1.66. The molecule has 0 spiro atoms. The van der Waals surface area contributed by atoms with E-state index in [1.165, 1.54) is 18.2 Å². The summed E-state index contributed by atoms with van der Waals surface area (Å²) in [5.41, 5.74) is 0.490. The number of carbonyl (C=O) groups is 1. The molecule has 0 saturated heterocycles. The van der Waals surface area contributed by atoms with E-state index in [4.69, 9.17) is 16.7 Å². The number of hydrogen-bond donors (Lipinski definition) is 1. The van der Waals surface area contributed by atoms with Gasteiger partial charge < -0.3 is 5.11 Å². The minimum atomic E-state index is -0.949. The van der Waals surface area contributed by atoms with Crippen LogP contribution in [0.3, 0.4) is 0 Å². The zero-order chi connectivity index (χ0) is 14.6. The van der Waals surface area contributed by atoms with Crippen LogP contribution in [0.25, 0.3) is 0 Å². The fourth-order valence-electron chi connectivity index (χ4n) is 1.61. The van der Waals surface area contributed by atoms with Crippen molar-refractivity contribution in [1.82, 2.24) is 4.90 Å². The Morgan fingerprint density at radius 2 is 2.16 bits per heavy atom. The summed E-state index contributed by atoms with van der Waals surface area (Å²) in [4.78, 5) is 22.7. The van der Waals surface area contributed by atoms with Crippen molar-refractivity contribution >= 4 is 23.3 Å². The van der Waals surface area contributed by atoms with E-state index in [1.807, 2.05) is 13.8 Å². The Morgan fingerprint density at radius 1 is 1.53 bits per heavy atom. The largest absolute Gasteiger partial charge is 0.480 e. The molecular weight excluding hydrogens is 272 g/mol. The molecule has 104 valence electrons. The molecule has 0 heterocycles. The van der Waals surface area contributed by atoms with Crippen molar-refractivity contribution in [2.45, 2.75) is 26.4 Å². The summed E-state index contributed by atoms with van der Waals surface area (Å²) in [7, 11) is 0. The van der Waals surface area contributed by atoms with Crippen LogP contribution < -0.4 is 0 Å². The number of non-ortho nitro benzene ring substituents is 1. The Bertz CT molecular complexity index is 491. The maximum atomic E-state index is 10.8. The van der Waals surface area contributed by atoms with Crippen LogP contribution in [0.1, 0.15) is 19.4 Å². The van der Waals surface area contributed by atoms with Gasteiger partial charge >= 0.3 is 5.97 Å². The van der Waals surface area contributed by atoms with Gasteiger partial charge in [0.2, 0.25) is 0 Å². The lowest BCUT2D eigenvalue weighted by atomic mass is 10.1. The van der Waals surface area contributed by atoms with Crippen LogP contribution in [0.5, 0.6) is 0 Å². The number of aliphatic carboxylic acids is 1. The summed E-state index contributed by atoms with van der Waals surface area (Å²) in [6, 6.07) is 4.14. The third-order valence-electron chi connectivity index (χ3n) is 2.68. The smallest absolute Gasteiger partial charge is 0.317 e. The monoisotopic (exact) mass is 286 g/mol. The van der Waals surface area contributed by atoms with E-state index in [1.54, 1.807) is 4.90 Å². The van der Waals surface area contributed by atoms with Crippen LogP contribution in [-0.2, 0) is 11.3 Å². The third-order valence-corrected chi connectivity index (χ3v) is 3.05. The van der Waals surface area contributed by atoms with Crippen LogP contribution in [0.4, 0.5) is 5.69 Å². The third kappa shape index (κ3) is 4.50. The van der Waals surface area contributed by atoms with Crippen LogP contribution in [0.2, 0.25) is 5.02 Å². The number of rotatable bonds is 6. The Morgan fingerprint density at radius 3 is 2.63 bits per heavy atom. The summed E-state index contributed by atoms with van der Waals surface area (Å²) in [6.45, 7) is 3.82. The van der Waals surface area contributed by atoms with E-state index in [2.05, 4.69) is 0 Å². The molecule has 19 heavy (non-hydrogen) atoms. The molecule has 0 atom stereocenters. The highest BCUT2D eigenvalue weighted by atomic mass is 35.5. The fourth-order valence-corrected chi connectivity index (χ4v) is 1.79. The van der Waals surface area contributed by atoms with Gasteiger partial charge in [-0.3, -0.25) is 19.8 Å². The highest BCUT2D eigenvalue weighted by Crippen LogP contribution is 2.23. The van der Waals surface area contributed by atoms with Gasteiger partial charge in [0.1, 0.15) is 0 Å². The maximum absolute atomic E-state index is 10.8. The number of carboxylic acids is 1. The second-order valence-corrected chi connectivity index (χ2v) is 4.83. The average molecular weight is 287 g/mol. The highest BCUT2D eigenvalue weighted by Gasteiger charge is 2.17. The molecule has 0 aliphatic rings. The molecule has 0 radical (unpaired) electrons. The van der Waals surface area contributed by atoms with Crippen LogP contribution >= 0.6 is 11.6 Å². The lowest BCUT2D eigenvalue weighted by molar-refractivity contribution is -0.384. The second-order valence-electron chi connectivity index (χ2n) is 4.43. The summed E-state index contributed by atoms with van der Waals surface area (Å²) >= 11 is 5.99. The number of carboxylic acid groups (broad SMARTS) is 1. The number of benzene rings is 1. The number of hydrogen-bond acceptors (Lipinski definition) is 4. The minimum Gasteiger partial charge on any atom is -0.480 e. The van der Waals surface area contributed by atoms with Crippen LogP contribution in [0.15, 0.2) is 18.2 Å². The van der Waals surface area contributed by atoms with E-state index in [0.29, 0.717) is 10.6 Å². The van der Waals surface area contributed by atoms with Gasteiger partial charge in [0, 0.05) is 29.7 Å². The normalized spacial score (nSPS) is 11.0. The first-order chi connectivity index (χ1) is 8.81. The molecule has 7 heteroatoms. The Labute approximate surface area is 115 Å². The molecular formula is C12H15ClN2O4. The van der Waals surface area contributed by atoms with E-state index < -0.39 is 10.9 Å². The van der Waals surface area contributed by atoms with Gasteiger partial charge in [-0.05, 0) is 25.5 Å². The van der Waals surface area contributed by atoms with Gasteiger partial charge in [0.15, 0.2) is 0 Å². The van der Waals surface area contributed by atoms with E-state index >= 15 is 0 Å². The zero-order valence-corrected chi connectivity index (χ0v) is 11.4. The molecule has 0 unspecified atom stereocenters. The van der Waals surface area contributed by atoms with Crippen molar-refractivity contribution in [2.75, 3.05) is 6.54 Å². The second kappa shape index (κ2) is 6.49. The molecule has 6 nitrogen and oxygen atoms in total. The number of nitro groups is 1. The van der Waals surface area contributed by atoms with Gasteiger partial charge in [-0.2, -0.15) is 0 Å². The van der Waals surface area contributed by atoms with Gasteiger partial charge in [-0.1, -0.05) is 11.6 Å². The van der Waals surface area contributed by atoms with E-state index in [9.17, 15) is 14.9 Å². The quantitative estimate of drug-likeness (QED) is 0.642. The van der Waals surface area contributed by atoms with Crippen molar-refractivity contribution in [2.24, 2.45) is 0 Å². The molecule has 1 N–H and O–H groups in total. The summed E-state index contributed by atoms with van der Waals surface area (Å²) in [6.07, 6.45) is 0. The number of nitrogens with zero attached hydrogens (tertiary/aromatic N) is 2. The average Bonchev–Trinajstić information content (AvgIpc) is 2.29. The molecule has 0 bridgehead atoms. The Kier molecular flexibility index (Phi) is 5.26. The topological polar surface area (TPSA) is 83.7 Å². The van der Waals surface area contributed by atoms with Crippen LogP contribution in [0, 0.1) is 10.1 Å². The maximum Gasteiger partial charge on any atom is 0.317 e. The first kappa shape index (κ1) is 15.4. The zero-order valence-electron chi connectivity index (χ0n) is 10.7. The summed E-state index contributed by atoms with van der Waals surface area (Å²) in [5.74, 6) is -0.949. The molecule has 0 aliphatic carbocycles. The fraction of sp³-hybridized carbons (Fsp3) is 0.417. The van der Waals surface area contributed by atoms with Gasteiger partial charge in [-0.15, -0.1) is 0 Å². The molecule has 1 aromatic carbocycles. The predicted molar refractivity (Wildman–Crippen MR) is 71.3 cm³/mol. The van der Waals surface area contributed by atoms with Crippen molar-refractivity contribution < 1.29 is 14.8 Å². The molecule has 1 rings (SSSR count). The molecule has 0 aromatic heterocycles. The predicted octanol–water partition coefficient (Wildman–Crippen LogP) is 2.54. The molecule has 0 saturated carbocycles. The van der Waals surface area contributed by atoms with E-state index in [0.717, 1.165) is 0 Å². The molecule has 0 aliphatic heterocycles. The van der Waals surface area contributed by atoms with Crippen molar-refractivity contribution in [3.8, 4) is 0 Å². The number of halogens is 1. The van der Waals surface area contributed by atoms with Crippen LogP contribution in [-0.4, -0.2) is 33.5 Å². The van der Waals surface area contributed by atoms with Gasteiger partial charge in [-0.25, -0.2) is 0 Å². The lowest BCUT2D eigenvalue weighted by Gasteiger charge is -2.24. The van der Waals surface area contributed by atoms with Crippen molar-refractivity contribution in [1.29, 1.82) is 0 Å². The van der Waals surface area contributed by atoms with E-state index in [-0.39, 0.29) is 24.8 Å². The SMILES string of the molecule is CC(C)N(CC(=O)O)Cc1cc([N+](=O)[O-])ccc1Cl. The molecule has 1 aromatic rings. The first-order valence-corrected chi connectivity index (χ1v) is 6.07. The van der Waals surface area contributed by atoms with Gasteiger partial charge in [0.05, 0.1) is 11.5 Å². The summed E-state index contributed by atoms with van der Waals surface area (Å²) in [5, 5.41) is 19.9. The first-order valence-electron chi connectivity index (χ1n) is 5.70. The standard InChI is InChI=1S/C12H15ClN2O4/c1-8(2)14(7-12(16)17)6-9-5-10(15(18)19)3-4-11(9)13/h3-5,8H,6-7H2,1-2H3,(H,16,17). The lowest BCUT2D eigenvalue weighted by Crippen LogP contribution is -2.35. The molecule has 0 amide bonds. The minimum absolute atomic E-state index is 0.00794.